The maximum Gasteiger partial charge on any atom is 0.213 e. The van der Waals surface area contributed by atoms with Gasteiger partial charge in [0.2, 0.25) is 5.75 Å². The Bertz CT molecular complexity index is 1540. The summed E-state index contributed by atoms with van der Waals surface area (Å²) in [5.41, 5.74) is 7.04. The predicted molar refractivity (Wildman–Crippen MR) is 152 cm³/mol. The van der Waals surface area contributed by atoms with E-state index in [0.717, 1.165) is 28.1 Å². The molecule has 0 unspecified atom stereocenters. The Morgan fingerprint density at radius 1 is 0.842 bits per heavy atom. The summed E-state index contributed by atoms with van der Waals surface area (Å²) in [6.07, 6.45) is 1.75. The van der Waals surface area contributed by atoms with E-state index in [1.807, 2.05) is 66.2 Å². The third-order valence-corrected chi connectivity index (χ3v) is 5.97. The van der Waals surface area contributed by atoms with E-state index < -0.39 is 0 Å². The molecule has 5 aromatic rings. The highest BCUT2D eigenvalue weighted by Crippen LogP contribution is 2.29. The lowest BCUT2D eigenvalue weighted by atomic mass is 10.1. The van der Waals surface area contributed by atoms with Crippen molar-refractivity contribution in [2.75, 3.05) is 6.61 Å². The standard InChI is InChI=1S/C33H29N3O2/c1-4-37-32-20-26(15-18-31(32)38-23-27-10-8-9-25(3)19-27)22-34-33-21-30(28-16-13-24(2)14-17-28)35-36(33)29-11-6-5-7-12-29/h5-14,16-17,19-22H,4,23H2,1-3H3. The highest BCUT2D eigenvalue weighted by Gasteiger charge is 2.11. The van der Waals surface area contributed by atoms with Crippen LogP contribution in [0.15, 0.2) is 96.0 Å². The number of ether oxygens (including phenoxy) is 2. The van der Waals surface area contributed by atoms with Crippen LogP contribution in [0.3, 0.4) is 0 Å². The summed E-state index contributed by atoms with van der Waals surface area (Å²) in [5.74, 6) is 1.84. The lowest BCUT2D eigenvalue weighted by Gasteiger charge is -2.10. The second-order valence-electron chi connectivity index (χ2n) is 9.01. The fourth-order valence-electron chi connectivity index (χ4n) is 4.05. The van der Waals surface area contributed by atoms with Gasteiger partial charge in [-0.25, -0.2) is 9.67 Å². The van der Waals surface area contributed by atoms with E-state index in [2.05, 4.69) is 62.4 Å². The van der Waals surface area contributed by atoms with Crippen LogP contribution in [-0.2, 0) is 6.61 Å². The minimum absolute atomic E-state index is 0.428. The molecule has 0 atom stereocenters. The number of nitrogens with zero attached hydrogens (tertiary/aromatic N) is 3. The molecule has 4 aromatic carbocycles. The first kappa shape index (κ1) is 24.9. The molecule has 0 spiro atoms. The number of para-hydroxylation sites is 1. The van der Waals surface area contributed by atoms with E-state index in [4.69, 9.17) is 19.6 Å². The second-order valence-corrected chi connectivity index (χ2v) is 9.01. The minimum atomic E-state index is 0.428. The Morgan fingerprint density at radius 3 is 2.42 bits per heavy atom. The molecule has 5 heteroatoms. The van der Waals surface area contributed by atoms with Crippen LogP contribution in [-0.4, -0.2) is 22.6 Å². The molecule has 0 N–H and O–H groups in total. The predicted octanol–water partition coefficient (Wildman–Crippen LogP) is 7.48. The summed E-state index contributed by atoms with van der Waals surface area (Å²) in [5, 5.41) is 4.85. The van der Waals surface area contributed by atoms with Crippen LogP contribution in [0.2, 0.25) is 0 Å². The zero-order chi connectivity index (χ0) is 26.3. The van der Waals surface area contributed by atoms with Crippen LogP contribution in [0.25, 0.3) is 16.9 Å². The quantitative estimate of drug-likeness (QED) is 0.198. The Balaban J connectivity index is 1.43. The summed E-state index contributed by atoms with van der Waals surface area (Å²) in [7, 11) is 0. The molecule has 188 valence electrons. The van der Waals surface area contributed by atoms with Gasteiger partial charge < -0.3 is 9.47 Å². The van der Waals surface area contributed by atoms with Gasteiger partial charge in [0.1, 0.15) is 6.61 Å². The molecular weight excluding hydrogens is 470 g/mol. The maximum absolute atomic E-state index is 6.02. The lowest BCUT2D eigenvalue weighted by molar-refractivity contribution is 0.269. The highest BCUT2D eigenvalue weighted by atomic mass is 16.5. The van der Waals surface area contributed by atoms with Crippen molar-refractivity contribution in [3.8, 4) is 28.4 Å². The van der Waals surface area contributed by atoms with Gasteiger partial charge >= 0.3 is 0 Å². The SMILES string of the molecule is CCOc1cc(C=Nc2cc(-c3ccc(C)cc3)nn2-c2ccccc2)c#cc1OCc1cccc(C)c1. The van der Waals surface area contributed by atoms with Crippen LogP contribution >= 0.6 is 0 Å². The van der Waals surface area contributed by atoms with E-state index >= 15 is 0 Å². The maximum atomic E-state index is 6.02. The smallest absolute Gasteiger partial charge is 0.213 e. The Morgan fingerprint density at radius 2 is 1.66 bits per heavy atom. The van der Waals surface area contributed by atoms with Gasteiger partial charge in [0.05, 0.1) is 18.0 Å². The number of aryl methyl sites for hydroxylation is 2. The number of hydrogen-bond donors (Lipinski definition) is 0. The first-order valence-electron chi connectivity index (χ1n) is 12.6. The van der Waals surface area contributed by atoms with Gasteiger partial charge in [-0.3, -0.25) is 0 Å². The molecule has 5 rings (SSSR count). The monoisotopic (exact) mass is 499 g/mol. The van der Waals surface area contributed by atoms with Crippen LogP contribution in [0.5, 0.6) is 11.5 Å². The fraction of sp³-hybridized carbons (Fsp3) is 0.152. The number of rotatable bonds is 9. The summed E-state index contributed by atoms with van der Waals surface area (Å²) in [6.45, 7) is 7.02. The average Bonchev–Trinajstić information content (AvgIpc) is 3.37. The summed E-state index contributed by atoms with van der Waals surface area (Å²) >= 11 is 0. The van der Waals surface area contributed by atoms with Crippen molar-refractivity contribution < 1.29 is 9.47 Å². The Hall–Kier alpha value is -4.82. The van der Waals surface area contributed by atoms with Crippen LogP contribution < -0.4 is 9.47 Å². The third kappa shape index (κ3) is 5.93. The van der Waals surface area contributed by atoms with Crippen molar-refractivity contribution in [2.24, 2.45) is 4.99 Å². The molecule has 0 amide bonds. The minimum Gasteiger partial charge on any atom is -0.489 e. The first-order valence-corrected chi connectivity index (χ1v) is 12.6. The van der Waals surface area contributed by atoms with E-state index in [1.54, 1.807) is 6.21 Å². The van der Waals surface area contributed by atoms with Gasteiger partial charge in [0.15, 0.2) is 11.6 Å². The zero-order valence-corrected chi connectivity index (χ0v) is 21.8. The van der Waals surface area contributed by atoms with Crippen LogP contribution in [0.1, 0.15) is 29.2 Å². The van der Waals surface area contributed by atoms with Gasteiger partial charge in [-0.05, 0) is 44.5 Å². The van der Waals surface area contributed by atoms with E-state index in [0.29, 0.717) is 30.5 Å². The van der Waals surface area contributed by atoms with Gasteiger partial charge in [-0.2, -0.15) is 5.10 Å². The van der Waals surface area contributed by atoms with Gasteiger partial charge in [0, 0.05) is 29.5 Å². The molecule has 0 radical (unpaired) electrons. The van der Waals surface area contributed by atoms with Crippen molar-refractivity contribution in [3.63, 3.8) is 0 Å². The lowest BCUT2D eigenvalue weighted by Crippen LogP contribution is -2.00. The summed E-state index contributed by atoms with van der Waals surface area (Å²) < 4.78 is 13.7. The van der Waals surface area contributed by atoms with Crippen molar-refractivity contribution in [3.05, 3.63) is 125 Å². The van der Waals surface area contributed by atoms with Crippen molar-refractivity contribution in [1.29, 1.82) is 0 Å². The van der Waals surface area contributed by atoms with Gasteiger partial charge in [0.25, 0.3) is 0 Å². The van der Waals surface area contributed by atoms with E-state index in [9.17, 15) is 0 Å². The molecule has 0 saturated carbocycles. The Kier molecular flexibility index (Phi) is 7.52. The largest absolute Gasteiger partial charge is 0.489 e. The molecular formula is C33H29N3O2. The molecule has 5 nitrogen and oxygen atoms in total. The molecule has 1 aromatic heterocycles. The first-order chi connectivity index (χ1) is 18.6. The highest BCUT2D eigenvalue weighted by molar-refractivity contribution is 5.82. The zero-order valence-electron chi connectivity index (χ0n) is 21.8. The summed E-state index contributed by atoms with van der Waals surface area (Å²) in [4.78, 5) is 4.78. The Labute approximate surface area is 224 Å². The number of aromatic nitrogens is 2. The molecule has 38 heavy (non-hydrogen) atoms. The van der Waals surface area contributed by atoms with Gasteiger partial charge in [-0.1, -0.05) is 83.9 Å². The van der Waals surface area contributed by atoms with Crippen molar-refractivity contribution >= 4 is 12.0 Å². The van der Waals surface area contributed by atoms with Crippen LogP contribution in [0.4, 0.5) is 5.82 Å². The average molecular weight is 500 g/mol. The number of aliphatic imine (C=N–C) groups is 1. The molecule has 0 bridgehead atoms. The van der Waals surface area contributed by atoms with Crippen LogP contribution in [0, 0.1) is 26.0 Å². The van der Waals surface area contributed by atoms with Gasteiger partial charge in [-0.15, -0.1) is 0 Å². The molecule has 0 aliphatic rings. The molecule has 0 aliphatic heterocycles. The molecule has 1 heterocycles. The van der Waals surface area contributed by atoms with E-state index in [1.165, 1.54) is 11.1 Å². The van der Waals surface area contributed by atoms with E-state index in [-0.39, 0.29) is 0 Å². The van der Waals surface area contributed by atoms with Crippen molar-refractivity contribution in [2.45, 2.75) is 27.4 Å². The third-order valence-electron chi connectivity index (χ3n) is 5.97. The summed E-state index contributed by atoms with van der Waals surface area (Å²) in [6, 6.07) is 36.7. The van der Waals surface area contributed by atoms with Crippen molar-refractivity contribution in [1.82, 2.24) is 9.78 Å². The molecule has 0 fully saturated rings. The fourth-order valence-corrected chi connectivity index (χ4v) is 4.05. The number of benzene rings is 3. The second kappa shape index (κ2) is 11.5. The topological polar surface area (TPSA) is 48.6 Å². The molecule has 0 aliphatic carbocycles. The number of hydrogen-bond acceptors (Lipinski definition) is 4. The molecule has 0 saturated heterocycles. The normalized spacial score (nSPS) is 10.9.